The van der Waals surface area contributed by atoms with Crippen molar-refractivity contribution >= 4 is 27.5 Å². The van der Waals surface area contributed by atoms with Crippen LogP contribution in [0.15, 0.2) is 42.5 Å². The second-order valence-corrected chi connectivity index (χ2v) is 10.8. The number of anilines is 1. The SMILES string of the molecule is CCCCNC(=O)[C@@H](C)N(Cc1cccc(C)c1)C(=O)CCCN(c1ccc(F)c(F)c1)S(C)(=O)=O. The molecular weight excluding hydrogens is 488 g/mol. The molecule has 0 aliphatic carbocycles. The second kappa shape index (κ2) is 13.3. The van der Waals surface area contributed by atoms with Gasteiger partial charge in [0.2, 0.25) is 21.8 Å². The molecule has 0 aliphatic heterocycles. The van der Waals surface area contributed by atoms with Crippen molar-refractivity contribution in [3.05, 3.63) is 65.2 Å². The number of nitrogens with zero attached hydrogens (tertiary/aromatic N) is 2. The quantitative estimate of drug-likeness (QED) is 0.400. The fourth-order valence-corrected chi connectivity index (χ4v) is 4.73. The molecular formula is C26H35F2N3O4S. The van der Waals surface area contributed by atoms with Crippen LogP contribution in [-0.2, 0) is 26.2 Å². The predicted octanol–water partition coefficient (Wildman–Crippen LogP) is 4.15. The largest absolute Gasteiger partial charge is 0.354 e. The highest BCUT2D eigenvalue weighted by atomic mass is 32.2. The summed E-state index contributed by atoms with van der Waals surface area (Å²) in [7, 11) is -3.81. The van der Waals surface area contributed by atoms with Gasteiger partial charge in [0.1, 0.15) is 6.04 Å². The summed E-state index contributed by atoms with van der Waals surface area (Å²) in [5.74, 6) is -2.82. The summed E-state index contributed by atoms with van der Waals surface area (Å²) in [6.07, 6.45) is 2.81. The number of unbranched alkanes of at least 4 members (excludes halogenated alkanes) is 1. The zero-order valence-electron chi connectivity index (χ0n) is 21.3. The minimum Gasteiger partial charge on any atom is -0.354 e. The summed E-state index contributed by atoms with van der Waals surface area (Å²) >= 11 is 0. The first-order chi connectivity index (χ1) is 16.9. The molecule has 1 N–H and O–H groups in total. The molecule has 0 heterocycles. The van der Waals surface area contributed by atoms with Crippen LogP contribution in [0.3, 0.4) is 0 Å². The number of halogens is 2. The van der Waals surface area contributed by atoms with Crippen LogP contribution in [0.1, 0.15) is 50.7 Å². The van der Waals surface area contributed by atoms with Crippen molar-refractivity contribution in [3.8, 4) is 0 Å². The Kier molecular flexibility index (Phi) is 10.8. The third-order valence-corrected chi connectivity index (χ3v) is 6.97. The van der Waals surface area contributed by atoms with Crippen LogP contribution in [-0.4, -0.2) is 50.5 Å². The van der Waals surface area contributed by atoms with E-state index in [1.54, 1.807) is 6.92 Å². The van der Waals surface area contributed by atoms with Crippen LogP contribution in [0, 0.1) is 18.6 Å². The van der Waals surface area contributed by atoms with Crippen LogP contribution >= 0.6 is 0 Å². The molecule has 0 aromatic heterocycles. The minimum absolute atomic E-state index is 0.0239. The lowest BCUT2D eigenvalue weighted by Crippen LogP contribution is -2.48. The van der Waals surface area contributed by atoms with E-state index < -0.39 is 27.7 Å². The Hall–Kier alpha value is -3.01. The van der Waals surface area contributed by atoms with Crippen molar-refractivity contribution in [2.24, 2.45) is 0 Å². The number of sulfonamides is 1. The maximum atomic E-state index is 13.7. The molecule has 0 saturated carbocycles. The average Bonchev–Trinajstić information content (AvgIpc) is 2.81. The summed E-state index contributed by atoms with van der Waals surface area (Å²) in [6.45, 7) is 6.26. The normalized spacial score (nSPS) is 12.2. The standard InChI is InChI=1S/C26H35F2N3O4S/c1-5-6-14-29-26(33)20(3)30(18-21-10-7-9-19(2)16-21)25(32)11-8-15-31(36(4,34)35)22-12-13-23(27)24(28)17-22/h7,9-10,12-13,16-17,20H,5-6,8,11,14-15,18H2,1-4H3,(H,29,33)/t20-/m1/s1. The number of benzene rings is 2. The van der Waals surface area contributed by atoms with Gasteiger partial charge in [-0.2, -0.15) is 0 Å². The Balaban J connectivity index is 2.16. The predicted molar refractivity (Wildman–Crippen MR) is 137 cm³/mol. The minimum atomic E-state index is -3.81. The number of carbonyl (C=O) groups excluding carboxylic acids is 2. The maximum Gasteiger partial charge on any atom is 0.242 e. The number of hydrogen-bond acceptors (Lipinski definition) is 4. The van der Waals surface area contributed by atoms with Crippen molar-refractivity contribution < 1.29 is 26.8 Å². The van der Waals surface area contributed by atoms with Gasteiger partial charge in [0.25, 0.3) is 0 Å². The molecule has 10 heteroatoms. The molecule has 0 fully saturated rings. The first-order valence-corrected chi connectivity index (χ1v) is 13.8. The van der Waals surface area contributed by atoms with Gasteiger partial charge in [-0.3, -0.25) is 13.9 Å². The molecule has 7 nitrogen and oxygen atoms in total. The topological polar surface area (TPSA) is 86.8 Å². The van der Waals surface area contributed by atoms with Gasteiger partial charge in [-0.05, 0) is 44.4 Å². The molecule has 0 saturated heterocycles. The molecule has 2 aromatic rings. The Morgan fingerprint density at radius 2 is 1.78 bits per heavy atom. The van der Waals surface area contributed by atoms with Gasteiger partial charge in [-0.15, -0.1) is 0 Å². The van der Waals surface area contributed by atoms with E-state index in [1.807, 2.05) is 38.1 Å². The van der Waals surface area contributed by atoms with Crippen LogP contribution in [0.4, 0.5) is 14.5 Å². The van der Waals surface area contributed by atoms with Gasteiger partial charge >= 0.3 is 0 Å². The van der Waals surface area contributed by atoms with E-state index in [2.05, 4.69) is 5.32 Å². The van der Waals surface area contributed by atoms with Gasteiger partial charge in [0.15, 0.2) is 11.6 Å². The molecule has 0 bridgehead atoms. The van der Waals surface area contributed by atoms with Crippen LogP contribution in [0.5, 0.6) is 0 Å². The zero-order valence-corrected chi connectivity index (χ0v) is 22.1. The Bertz CT molecular complexity index is 1160. The smallest absolute Gasteiger partial charge is 0.242 e. The van der Waals surface area contributed by atoms with E-state index >= 15 is 0 Å². The van der Waals surface area contributed by atoms with Gasteiger partial charge in [-0.25, -0.2) is 17.2 Å². The van der Waals surface area contributed by atoms with Gasteiger partial charge in [0.05, 0.1) is 11.9 Å². The lowest BCUT2D eigenvalue weighted by atomic mass is 10.1. The average molecular weight is 524 g/mol. The molecule has 0 radical (unpaired) electrons. The molecule has 2 amide bonds. The molecule has 0 unspecified atom stereocenters. The molecule has 0 aliphatic rings. The molecule has 2 rings (SSSR count). The number of rotatable bonds is 13. The zero-order chi connectivity index (χ0) is 26.9. The molecule has 198 valence electrons. The van der Waals surface area contributed by atoms with Crippen LogP contribution in [0.2, 0.25) is 0 Å². The number of amides is 2. The molecule has 36 heavy (non-hydrogen) atoms. The summed E-state index contributed by atoms with van der Waals surface area (Å²) < 4.78 is 52.6. The molecule has 1 atom stereocenters. The van der Waals surface area contributed by atoms with E-state index in [0.717, 1.165) is 46.7 Å². The summed E-state index contributed by atoms with van der Waals surface area (Å²) in [5.41, 5.74) is 1.87. The van der Waals surface area contributed by atoms with E-state index in [9.17, 15) is 26.8 Å². The van der Waals surface area contributed by atoms with E-state index in [-0.39, 0.29) is 43.4 Å². The third kappa shape index (κ3) is 8.58. The third-order valence-electron chi connectivity index (χ3n) is 5.78. The highest BCUT2D eigenvalue weighted by molar-refractivity contribution is 7.92. The number of aryl methyl sites for hydroxylation is 1. The monoisotopic (exact) mass is 523 g/mol. The van der Waals surface area contributed by atoms with E-state index in [0.29, 0.717) is 6.54 Å². The number of nitrogens with one attached hydrogen (secondary N) is 1. The fraction of sp³-hybridized carbons (Fsp3) is 0.462. The highest BCUT2D eigenvalue weighted by Crippen LogP contribution is 2.21. The summed E-state index contributed by atoms with van der Waals surface area (Å²) in [4.78, 5) is 27.4. The second-order valence-electron chi connectivity index (χ2n) is 8.87. The van der Waals surface area contributed by atoms with Crippen LogP contribution < -0.4 is 9.62 Å². The number of hydrogen-bond donors (Lipinski definition) is 1. The lowest BCUT2D eigenvalue weighted by Gasteiger charge is -2.29. The lowest BCUT2D eigenvalue weighted by molar-refractivity contribution is -0.140. The Morgan fingerprint density at radius 1 is 1.06 bits per heavy atom. The first kappa shape index (κ1) is 29.2. The fourth-order valence-electron chi connectivity index (χ4n) is 3.77. The molecule has 0 spiro atoms. The highest BCUT2D eigenvalue weighted by Gasteiger charge is 2.26. The molecule has 2 aromatic carbocycles. The summed E-state index contributed by atoms with van der Waals surface area (Å²) in [5, 5.41) is 2.85. The van der Waals surface area contributed by atoms with Crippen molar-refractivity contribution in [1.29, 1.82) is 0 Å². The summed E-state index contributed by atoms with van der Waals surface area (Å²) in [6, 6.07) is 9.75. The van der Waals surface area contributed by atoms with Crippen molar-refractivity contribution in [1.82, 2.24) is 10.2 Å². The van der Waals surface area contributed by atoms with E-state index in [4.69, 9.17) is 0 Å². The maximum absolute atomic E-state index is 13.7. The van der Waals surface area contributed by atoms with Crippen molar-refractivity contribution in [2.45, 2.75) is 59.0 Å². The van der Waals surface area contributed by atoms with E-state index in [1.165, 1.54) is 11.0 Å². The Labute approximate surface area is 212 Å². The first-order valence-electron chi connectivity index (χ1n) is 12.0. The van der Waals surface area contributed by atoms with Crippen molar-refractivity contribution in [3.63, 3.8) is 0 Å². The Morgan fingerprint density at radius 3 is 2.39 bits per heavy atom. The van der Waals surface area contributed by atoms with Gasteiger partial charge in [-0.1, -0.05) is 43.2 Å². The van der Waals surface area contributed by atoms with Crippen LogP contribution in [0.25, 0.3) is 0 Å². The van der Waals surface area contributed by atoms with Gasteiger partial charge in [0, 0.05) is 32.1 Å². The van der Waals surface area contributed by atoms with Crippen molar-refractivity contribution in [2.75, 3.05) is 23.7 Å². The van der Waals surface area contributed by atoms with Gasteiger partial charge < -0.3 is 10.2 Å². The number of carbonyl (C=O) groups is 2.